The van der Waals surface area contributed by atoms with Crippen molar-refractivity contribution in [2.24, 2.45) is 0 Å². The van der Waals surface area contributed by atoms with Crippen molar-refractivity contribution in [3.8, 4) is 0 Å². The van der Waals surface area contributed by atoms with E-state index in [9.17, 15) is 0 Å². The van der Waals surface area contributed by atoms with E-state index in [4.69, 9.17) is 0 Å². The Labute approximate surface area is 51.7 Å². The van der Waals surface area contributed by atoms with E-state index in [1.54, 1.807) is 0 Å². The minimum atomic E-state index is 0.898. The van der Waals surface area contributed by atoms with E-state index in [0.29, 0.717) is 0 Å². The van der Waals surface area contributed by atoms with E-state index in [-0.39, 0.29) is 0 Å². The van der Waals surface area contributed by atoms with Gasteiger partial charge in [-0.25, -0.2) is 0 Å². The summed E-state index contributed by atoms with van der Waals surface area (Å²) in [7, 11) is 2.22. The Hall–Kier alpha value is -0.0400. The maximum atomic E-state index is 2.46. The van der Waals surface area contributed by atoms with Gasteiger partial charge in [0.05, 0.1) is 0 Å². The van der Waals surface area contributed by atoms with Gasteiger partial charge in [0.15, 0.2) is 0 Å². The molecule has 1 atom stereocenters. The second-order valence-corrected chi connectivity index (χ2v) is 2.68. The van der Waals surface area contributed by atoms with Crippen molar-refractivity contribution < 1.29 is 0 Å². The number of nitrogens with zero attached hydrogens (tertiary/aromatic N) is 1. The Morgan fingerprint density at radius 3 is 2.62 bits per heavy atom. The van der Waals surface area contributed by atoms with Gasteiger partial charge in [-0.1, -0.05) is 6.92 Å². The van der Waals surface area contributed by atoms with E-state index in [2.05, 4.69) is 18.9 Å². The maximum Gasteiger partial charge on any atom is 0.00900 e. The van der Waals surface area contributed by atoms with Gasteiger partial charge in [0.1, 0.15) is 0 Å². The van der Waals surface area contributed by atoms with Crippen LogP contribution in [0.4, 0.5) is 0 Å². The van der Waals surface area contributed by atoms with Crippen molar-refractivity contribution in [2.75, 3.05) is 13.6 Å². The molecular formula is C7H15N. The summed E-state index contributed by atoms with van der Waals surface area (Å²) in [6.45, 7) is 3.59. The van der Waals surface area contributed by atoms with Crippen molar-refractivity contribution >= 4 is 0 Å². The van der Waals surface area contributed by atoms with Crippen LogP contribution in [0.15, 0.2) is 0 Å². The summed E-state index contributed by atoms with van der Waals surface area (Å²) < 4.78 is 0. The van der Waals surface area contributed by atoms with Crippen molar-refractivity contribution in [2.45, 2.75) is 32.2 Å². The average molecular weight is 113 g/mol. The van der Waals surface area contributed by atoms with Gasteiger partial charge in [-0.05, 0) is 32.9 Å². The van der Waals surface area contributed by atoms with E-state index in [1.165, 1.54) is 25.8 Å². The van der Waals surface area contributed by atoms with Gasteiger partial charge in [0, 0.05) is 6.04 Å². The second kappa shape index (κ2) is 2.49. The molecule has 1 aliphatic heterocycles. The molecule has 1 heterocycles. The predicted molar refractivity (Wildman–Crippen MR) is 35.9 cm³/mol. The van der Waals surface area contributed by atoms with Gasteiger partial charge in [-0.2, -0.15) is 0 Å². The summed E-state index contributed by atoms with van der Waals surface area (Å²) in [5.41, 5.74) is 0. The Morgan fingerprint density at radius 1 is 1.62 bits per heavy atom. The molecule has 0 aromatic rings. The molecule has 0 aromatic carbocycles. The van der Waals surface area contributed by atoms with E-state index < -0.39 is 0 Å². The quantitative estimate of drug-likeness (QED) is 0.498. The van der Waals surface area contributed by atoms with Crippen molar-refractivity contribution in [1.29, 1.82) is 0 Å². The van der Waals surface area contributed by atoms with Crippen LogP contribution in [-0.4, -0.2) is 24.5 Å². The molecule has 1 fully saturated rings. The molecule has 1 aliphatic rings. The third kappa shape index (κ3) is 1.03. The van der Waals surface area contributed by atoms with Crippen LogP contribution in [0, 0.1) is 0 Å². The zero-order chi connectivity index (χ0) is 5.98. The predicted octanol–water partition coefficient (Wildman–Crippen LogP) is 1.49. The Balaban J connectivity index is 2.30. The first-order valence-electron chi connectivity index (χ1n) is 3.55. The Kier molecular flexibility index (Phi) is 1.90. The van der Waals surface area contributed by atoms with Gasteiger partial charge in [0.25, 0.3) is 0 Å². The number of rotatable bonds is 1. The first kappa shape index (κ1) is 6.09. The first-order valence-corrected chi connectivity index (χ1v) is 3.55. The molecule has 1 rings (SSSR count). The molecule has 0 aliphatic carbocycles. The molecule has 1 saturated heterocycles. The highest BCUT2D eigenvalue weighted by molar-refractivity contribution is 4.73. The summed E-state index contributed by atoms with van der Waals surface area (Å²) in [4.78, 5) is 2.46. The van der Waals surface area contributed by atoms with Gasteiger partial charge >= 0.3 is 0 Å². The van der Waals surface area contributed by atoms with Gasteiger partial charge in [-0.3, -0.25) is 0 Å². The lowest BCUT2D eigenvalue weighted by atomic mass is 10.2. The number of hydrogen-bond donors (Lipinski definition) is 0. The fourth-order valence-corrected chi connectivity index (χ4v) is 1.50. The topological polar surface area (TPSA) is 3.24 Å². The highest BCUT2D eigenvalue weighted by atomic mass is 15.1. The van der Waals surface area contributed by atoms with Crippen LogP contribution in [0.3, 0.4) is 0 Å². The molecule has 0 N–H and O–H groups in total. The molecule has 0 unspecified atom stereocenters. The number of hydrogen-bond acceptors (Lipinski definition) is 1. The second-order valence-electron chi connectivity index (χ2n) is 2.68. The van der Waals surface area contributed by atoms with Crippen molar-refractivity contribution in [3.05, 3.63) is 0 Å². The number of likely N-dealkylation sites (tertiary alicyclic amines) is 1. The summed E-state index contributed by atoms with van der Waals surface area (Å²) in [5, 5.41) is 0. The Bertz CT molecular complexity index is 70.8. The fourth-order valence-electron chi connectivity index (χ4n) is 1.50. The molecule has 1 heteroatoms. The average Bonchev–Trinajstić information content (AvgIpc) is 2.14. The van der Waals surface area contributed by atoms with Crippen LogP contribution in [-0.2, 0) is 0 Å². The molecule has 0 amide bonds. The minimum absolute atomic E-state index is 0.898. The van der Waals surface area contributed by atoms with Crippen LogP contribution in [0.5, 0.6) is 0 Å². The summed E-state index contributed by atoms with van der Waals surface area (Å²) in [6, 6.07) is 0.898. The first-order chi connectivity index (χ1) is 3.84. The molecule has 0 saturated carbocycles. The minimum Gasteiger partial charge on any atom is -0.303 e. The molecule has 1 nitrogen and oxygen atoms in total. The summed E-state index contributed by atoms with van der Waals surface area (Å²) >= 11 is 0. The molecule has 0 bridgehead atoms. The maximum absolute atomic E-state index is 2.46. The SMILES string of the molecule is CC[C@@H]1CCCN1C. The zero-order valence-electron chi connectivity index (χ0n) is 5.85. The summed E-state index contributed by atoms with van der Waals surface area (Å²) in [5.74, 6) is 0. The fraction of sp³-hybridized carbons (Fsp3) is 1.00. The Morgan fingerprint density at radius 2 is 2.38 bits per heavy atom. The molecule has 0 spiro atoms. The van der Waals surface area contributed by atoms with Crippen LogP contribution in [0.1, 0.15) is 26.2 Å². The van der Waals surface area contributed by atoms with E-state index in [0.717, 1.165) is 6.04 Å². The highest BCUT2D eigenvalue weighted by Crippen LogP contribution is 2.16. The molecule has 0 radical (unpaired) electrons. The molecule has 48 valence electrons. The lowest BCUT2D eigenvalue weighted by Gasteiger charge is -2.16. The van der Waals surface area contributed by atoms with Crippen molar-refractivity contribution in [1.82, 2.24) is 4.90 Å². The van der Waals surface area contributed by atoms with E-state index in [1.807, 2.05) is 0 Å². The van der Waals surface area contributed by atoms with Gasteiger partial charge < -0.3 is 4.90 Å². The lowest BCUT2D eigenvalue weighted by molar-refractivity contribution is 0.304. The van der Waals surface area contributed by atoms with Crippen LogP contribution < -0.4 is 0 Å². The summed E-state index contributed by atoms with van der Waals surface area (Å²) in [6.07, 6.45) is 4.17. The molecule has 8 heavy (non-hydrogen) atoms. The molecule has 0 aromatic heterocycles. The van der Waals surface area contributed by atoms with Gasteiger partial charge in [0.2, 0.25) is 0 Å². The standard InChI is InChI=1S/C7H15N/c1-3-7-5-4-6-8(7)2/h7H,3-6H2,1-2H3/t7-/m1/s1. The van der Waals surface area contributed by atoms with Crippen molar-refractivity contribution in [3.63, 3.8) is 0 Å². The smallest absolute Gasteiger partial charge is 0.00900 e. The van der Waals surface area contributed by atoms with Crippen LogP contribution in [0.25, 0.3) is 0 Å². The van der Waals surface area contributed by atoms with Crippen LogP contribution >= 0.6 is 0 Å². The van der Waals surface area contributed by atoms with Gasteiger partial charge in [-0.15, -0.1) is 0 Å². The zero-order valence-corrected chi connectivity index (χ0v) is 5.85. The normalized spacial score (nSPS) is 31.5. The molecular weight excluding hydrogens is 98.1 g/mol. The third-order valence-electron chi connectivity index (χ3n) is 2.14. The van der Waals surface area contributed by atoms with E-state index >= 15 is 0 Å². The van der Waals surface area contributed by atoms with Crippen LogP contribution in [0.2, 0.25) is 0 Å². The monoisotopic (exact) mass is 113 g/mol. The third-order valence-corrected chi connectivity index (χ3v) is 2.14. The largest absolute Gasteiger partial charge is 0.303 e. The highest BCUT2D eigenvalue weighted by Gasteiger charge is 2.17. The lowest BCUT2D eigenvalue weighted by Crippen LogP contribution is -2.23.